The Morgan fingerprint density at radius 2 is 2.42 bits per heavy atom. The molecule has 0 bridgehead atoms. The van der Waals surface area contributed by atoms with E-state index in [-0.39, 0.29) is 0 Å². The maximum atomic E-state index is 9.29. The van der Waals surface area contributed by atoms with Gasteiger partial charge in [-0.2, -0.15) is 0 Å². The van der Waals surface area contributed by atoms with Crippen LogP contribution in [0.1, 0.15) is 11.1 Å². The number of rotatable bonds is 1. The Bertz CT molecular complexity index is 303. The molecule has 3 nitrogen and oxygen atoms in total. The van der Waals surface area contributed by atoms with Crippen LogP contribution < -0.4 is 11.2 Å². The van der Waals surface area contributed by atoms with Gasteiger partial charge in [0.15, 0.2) is 0 Å². The Hall–Kier alpha value is -0.835. The number of fused-ring (bicyclic) bond motifs is 1. The third-order valence-electron chi connectivity index (χ3n) is 2.11. The average Bonchev–Trinajstić information content (AvgIpc) is 2.47. The Morgan fingerprint density at radius 3 is 3.17 bits per heavy atom. The highest BCUT2D eigenvalue weighted by Crippen LogP contribution is 2.11. The first-order valence-electron chi connectivity index (χ1n) is 3.92. The zero-order chi connectivity index (χ0) is 8.55. The SMILES string of the molecule is NCc1ccc2c(c1)COB2O. The van der Waals surface area contributed by atoms with Gasteiger partial charge in [-0.3, -0.25) is 0 Å². The van der Waals surface area contributed by atoms with E-state index in [0.29, 0.717) is 13.2 Å². The molecule has 0 saturated heterocycles. The summed E-state index contributed by atoms with van der Waals surface area (Å²) >= 11 is 0. The second-order valence-electron chi connectivity index (χ2n) is 2.90. The molecule has 12 heavy (non-hydrogen) atoms. The predicted octanol–water partition coefficient (Wildman–Crippen LogP) is -0.637. The van der Waals surface area contributed by atoms with Crippen molar-refractivity contribution < 1.29 is 9.68 Å². The van der Waals surface area contributed by atoms with Crippen LogP contribution in [0.4, 0.5) is 0 Å². The van der Waals surface area contributed by atoms with Gasteiger partial charge < -0.3 is 15.4 Å². The van der Waals surface area contributed by atoms with Crippen LogP contribution in [0, 0.1) is 0 Å². The van der Waals surface area contributed by atoms with Crippen LogP contribution >= 0.6 is 0 Å². The Labute approximate surface area is 71.3 Å². The molecule has 0 spiro atoms. The first-order valence-corrected chi connectivity index (χ1v) is 3.92. The first kappa shape index (κ1) is 7.80. The number of nitrogens with two attached hydrogens (primary N) is 1. The quantitative estimate of drug-likeness (QED) is 0.541. The highest BCUT2D eigenvalue weighted by atomic mass is 16.5. The van der Waals surface area contributed by atoms with Gasteiger partial charge in [-0.1, -0.05) is 18.2 Å². The molecule has 3 N–H and O–H groups in total. The van der Waals surface area contributed by atoms with Gasteiger partial charge in [0.1, 0.15) is 0 Å². The lowest BCUT2D eigenvalue weighted by molar-refractivity contribution is 0.275. The normalized spacial score (nSPS) is 15.0. The zero-order valence-electron chi connectivity index (χ0n) is 6.66. The van der Waals surface area contributed by atoms with E-state index in [1.165, 1.54) is 0 Å². The fourth-order valence-electron chi connectivity index (χ4n) is 1.41. The monoisotopic (exact) mass is 163 g/mol. The maximum absolute atomic E-state index is 9.29. The third kappa shape index (κ3) is 1.14. The summed E-state index contributed by atoms with van der Waals surface area (Å²) in [4.78, 5) is 0. The molecule has 1 aliphatic heterocycles. The molecule has 0 fully saturated rings. The summed E-state index contributed by atoms with van der Waals surface area (Å²) in [6.07, 6.45) is 0. The largest absolute Gasteiger partial charge is 0.491 e. The Balaban J connectivity index is 2.41. The molecule has 4 heteroatoms. The van der Waals surface area contributed by atoms with Gasteiger partial charge >= 0.3 is 7.12 Å². The van der Waals surface area contributed by atoms with Crippen molar-refractivity contribution in [2.75, 3.05) is 0 Å². The highest BCUT2D eigenvalue weighted by Gasteiger charge is 2.26. The molecule has 0 atom stereocenters. The van der Waals surface area contributed by atoms with Crippen molar-refractivity contribution in [3.8, 4) is 0 Å². The number of hydrogen-bond acceptors (Lipinski definition) is 3. The van der Waals surface area contributed by atoms with Crippen molar-refractivity contribution in [3.63, 3.8) is 0 Å². The lowest BCUT2D eigenvalue weighted by atomic mass is 9.79. The molecule has 1 aromatic rings. The van der Waals surface area contributed by atoms with E-state index in [1.54, 1.807) is 0 Å². The summed E-state index contributed by atoms with van der Waals surface area (Å²) in [5.41, 5.74) is 8.47. The summed E-state index contributed by atoms with van der Waals surface area (Å²) in [5.74, 6) is 0. The van der Waals surface area contributed by atoms with Gasteiger partial charge in [0.2, 0.25) is 0 Å². The van der Waals surface area contributed by atoms with Crippen molar-refractivity contribution in [2.45, 2.75) is 13.2 Å². The van der Waals surface area contributed by atoms with Crippen LogP contribution in [0.3, 0.4) is 0 Å². The second kappa shape index (κ2) is 2.90. The topological polar surface area (TPSA) is 55.5 Å². The van der Waals surface area contributed by atoms with E-state index < -0.39 is 7.12 Å². The second-order valence-corrected chi connectivity index (χ2v) is 2.90. The minimum Gasteiger partial charge on any atom is -0.423 e. The smallest absolute Gasteiger partial charge is 0.423 e. The molecule has 0 aromatic heterocycles. The maximum Gasteiger partial charge on any atom is 0.491 e. The van der Waals surface area contributed by atoms with E-state index >= 15 is 0 Å². The van der Waals surface area contributed by atoms with Gasteiger partial charge in [-0.15, -0.1) is 0 Å². The highest BCUT2D eigenvalue weighted by molar-refractivity contribution is 6.61. The molecule has 0 amide bonds. The predicted molar refractivity (Wildman–Crippen MR) is 46.7 cm³/mol. The summed E-state index contributed by atoms with van der Waals surface area (Å²) in [6.45, 7) is 1.02. The first-order chi connectivity index (χ1) is 5.81. The van der Waals surface area contributed by atoms with Crippen LogP contribution in [-0.4, -0.2) is 12.1 Å². The van der Waals surface area contributed by atoms with E-state index in [0.717, 1.165) is 16.6 Å². The lowest BCUT2D eigenvalue weighted by Crippen LogP contribution is -2.27. The fraction of sp³-hybridized carbons (Fsp3) is 0.250. The van der Waals surface area contributed by atoms with Crippen molar-refractivity contribution in [1.29, 1.82) is 0 Å². The van der Waals surface area contributed by atoms with Crippen LogP contribution in [0.5, 0.6) is 0 Å². The molecule has 2 rings (SSSR count). The van der Waals surface area contributed by atoms with Crippen molar-refractivity contribution in [3.05, 3.63) is 29.3 Å². The summed E-state index contributed by atoms with van der Waals surface area (Å²) in [7, 11) is -0.744. The molecular formula is C8H10BNO2. The Morgan fingerprint density at radius 1 is 1.58 bits per heavy atom. The molecule has 1 heterocycles. The molecular weight excluding hydrogens is 153 g/mol. The van der Waals surface area contributed by atoms with Gasteiger partial charge in [-0.05, 0) is 16.6 Å². The van der Waals surface area contributed by atoms with Gasteiger partial charge in [-0.25, -0.2) is 0 Å². The number of benzene rings is 1. The molecule has 1 aromatic carbocycles. The minimum absolute atomic E-state index is 0.490. The average molecular weight is 163 g/mol. The Kier molecular flexibility index (Phi) is 1.88. The third-order valence-corrected chi connectivity index (χ3v) is 2.11. The van der Waals surface area contributed by atoms with Gasteiger partial charge in [0, 0.05) is 6.54 Å². The number of hydrogen-bond donors (Lipinski definition) is 2. The van der Waals surface area contributed by atoms with E-state index in [2.05, 4.69) is 0 Å². The summed E-state index contributed by atoms with van der Waals surface area (Å²) < 4.78 is 5.04. The van der Waals surface area contributed by atoms with Crippen LogP contribution in [0.2, 0.25) is 0 Å². The lowest BCUT2D eigenvalue weighted by Gasteiger charge is -2.00. The van der Waals surface area contributed by atoms with Crippen molar-refractivity contribution in [2.24, 2.45) is 5.73 Å². The molecule has 1 aliphatic rings. The van der Waals surface area contributed by atoms with E-state index in [4.69, 9.17) is 10.4 Å². The zero-order valence-corrected chi connectivity index (χ0v) is 6.66. The fourth-order valence-corrected chi connectivity index (χ4v) is 1.41. The van der Waals surface area contributed by atoms with Crippen LogP contribution in [-0.2, 0) is 17.8 Å². The van der Waals surface area contributed by atoms with Gasteiger partial charge in [0.25, 0.3) is 0 Å². The molecule has 0 unspecified atom stereocenters. The molecule has 0 aliphatic carbocycles. The minimum atomic E-state index is -0.744. The van der Waals surface area contributed by atoms with Gasteiger partial charge in [0.05, 0.1) is 6.61 Å². The van der Waals surface area contributed by atoms with Crippen LogP contribution in [0.15, 0.2) is 18.2 Å². The van der Waals surface area contributed by atoms with Crippen LogP contribution in [0.25, 0.3) is 0 Å². The summed E-state index contributed by atoms with van der Waals surface area (Å²) in [5, 5.41) is 9.29. The standard InChI is InChI=1S/C8H10BNO2/c10-4-6-1-2-8-7(3-6)5-12-9(8)11/h1-3,11H,4-5,10H2. The molecule has 62 valence electrons. The van der Waals surface area contributed by atoms with Crippen molar-refractivity contribution in [1.82, 2.24) is 0 Å². The molecule has 0 saturated carbocycles. The van der Waals surface area contributed by atoms with Crippen molar-refractivity contribution >= 4 is 12.6 Å². The van der Waals surface area contributed by atoms with E-state index in [1.807, 2.05) is 18.2 Å². The van der Waals surface area contributed by atoms with E-state index in [9.17, 15) is 5.02 Å². The molecule has 0 radical (unpaired) electrons. The summed E-state index contributed by atoms with van der Waals surface area (Å²) in [6, 6.07) is 5.76.